The van der Waals surface area contributed by atoms with Gasteiger partial charge in [0.1, 0.15) is 5.75 Å². The number of benzene rings is 1. The molecule has 1 N–H and O–H groups in total. The highest BCUT2D eigenvalue weighted by molar-refractivity contribution is 5.81. The summed E-state index contributed by atoms with van der Waals surface area (Å²) in [6, 6.07) is 6.27. The highest BCUT2D eigenvalue weighted by Gasteiger charge is 2.25. The molecule has 0 amide bonds. The molecular formula is C15H21NO. The van der Waals surface area contributed by atoms with E-state index in [1.807, 2.05) is 13.0 Å². The van der Waals surface area contributed by atoms with Gasteiger partial charge < -0.3 is 10.1 Å². The Kier molecular flexibility index (Phi) is 3.14. The summed E-state index contributed by atoms with van der Waals surface area (Å²) in [5.74, 6) is 0.945. The van der Waals surface area contributed by atoms with Gasteiger partial charge in [-0.25, -0.2) is 0 Å². The summed E-state index contributed by atoms with van der Waals surface area (Å²) in [5.41, 5.74) is 3.86. The number of nitrogens with one attached hydrogen (secondary N) is 1. The summed E-state index contributed by atoms with van der Waals surface area (Å²) < 4.78 is 5.54. The van der Waals surface area contributed by atoms with Crippen LogP contribution >= 0.6 is 0 Å². The zero-order valence-corrected chi connectivity index (χ0v) is 11.1. The van der Waals surface area contributed by atoms with Crippen molar-refractivity contribution in [3.63, 3.8) is 0 Å². The summed E-state index contributed by atoms with van der Waals surface area (Å²) >= 11 is 0. The number of anilines is 1. The second-order valence-electron chi connectivity index (χ2n) is 4.86. The molecule has 1 unspecified atom stereocenters. The van der Waals surface area contributed by atoms with Crippen LogP contribution in [0.5, 0.6) is 5.75 Å². The van der Waals surface area contributed by atoms with Crippen molar-refractivity contribution in [3.8, 4) is 5.75 Å². The maximum atomic E-state index is 5.54. The van der Waals surface area contributed by atoms with E-state index in [-0.39, 0.29) is 5.54 Å². The normalized spacial score (nSPS) is 22.5. The van der Waals surface area contributed by atoms with Crippen LogP contribution in [0.4, 0.5) is 5.69 Å². The van der Waals surface area contributed by atoms with Crippen LogP contribution in [0.2, 0.25) is 0 Å². The molecule has 1 aliphatic heterocycles. The topological polar surface area (TPSA) is 21.3 Å². The molecule has 0 radical (unpaired) electrons. The predicted octanol–water partition coefficient (Wildman–Crippen LogP) is 4.08. The van der Waals surface area contributed by atoms with E-state index in [1.54, 1.807) is 0 Å². The minimum Gasteiger partial charge on any atom is -0.494 e. The fourth-order valence-electron chi connectivity index (χ4n) is 2.30. The van der Waals surface area contributed by atoms with Crippen LogP contribution in [0, 0.1) is 0 Å². The molecular weight excluding hydrogens is 210 g/mol. The number of ether oxygens (including phenoxy) is 1. The second kappa shape index (κ2) is 4.44. The Hall–Kier alpha value is -1.44. The standard InChI is InChI=1S/C15H21NO/c1-5-15(4)10-11(3)13-9-12(17-6-2)7-8-14(13)16-15/h7-10,16H,5-6H2,1-4H3. The van der Waals surface area contributed by atoms with Crippen molar-refractivity contribution in [2.24, 2.45) is 0 Å². The molecule has 0 bridgehead atoms. The molecule has 2 nitrogen and oxygen atoms in total. The molecule has 2 rings (SSSR count). The van der Waals surface area contributed by atoms with Crippen molar-refractivity contribution in [1.82, 2.24) is 0 Å². The third-order valence-corrected chi connectivity index (χ3v) is 3.42. The van der Waals surface area contributed by atoms with Gasteiger partial charge >= 0.3 is 0 Å². The second-order valence-corrected chi connectivity index (χ2v) is 4.86. The fraction of sp³-hybridized carbons (Fsp3) is 0.467. The van der Waals surface area contributed by atoms with Crippen molar-refractivity contribution in [2.45, 2.75) is 39.7 Å². The zero-order valence-electron chi connectivity index (χ0n) is 11.1. The van der Waals surface area contributed by atoms with Crippen molar-refractivity contribution >= 4 is 11.3 Å². The molecule has 0 aromatic heterocycles. The van der Waals surface area contributed by atoms with Gasteiger partial charge in [-0.1, -0.05) is 13.0 Å². The minimum absolute atomic E-state index is 0.0736. The minimum atomic E-state index is 0.0736. The monoisotopic (exact) mass is 231 g/mol. The first-order chi connectivity index (χ1) is 8.08. The van der Waals surface area contributed by atoms with Crippen LogP contribution in [0.1, 0.15) is 39.7 Å². The molecule has 1 aromatic carbocycles. The molecule has 92 valence electrons. The van der Waals surface area contributed by atoms with Gasteiger partial charge in [-0.3, -0.25) is 0 Å². The maximum Gasteiger partial charge on any atom is 0.120 e. The molecule has 17 heavy (non-hydrogen) atoms. The molecule has 0 fully saturated rings. The van der Waals surface area contributed by atoms with E-state index in [1.165, 1.54) is 16.8 Å². The lowest BCUT2D eigenvalue weighted by Crippen LogP contribution is -2.34. The number of allylic oxidation sites excluding steroid dienone is 1. The molecule has 2 heteroatoms. The van der Waals surface area contributed by atoms with Crippen molar-refractivity contribution < 1.29 is 4.74 Å². The van der Waals surface area contributed by atoms with E-state index >= 15 is 0 Å². The Morgan fingerprint density at radius 3 is 2.71 bits per heavy atom. The van der Waals surface area contributed by atoms with Crippen molar-refractivity contribution in [1.29, 1.82) is 0 Å². The predicted molar refractivity (Wildman–Crippen MR) is 73.6 cm³/mol. The average Bonchev–Trinajstić information content (AvgIpc) is 2.30. The van der Waals surface area contributed by atoms with Crippen LogP contribution in [0.15, 0.2) is 24.3 Å². The molecule has 0 saturated carbocycles. The lowest BCUT2D eigenvalue weighted by molar-refractivity contribution is 0.340. The molecule has 0 spiro atoms. The van der Waals surface area contributed by atoms with E-state index < -0.39 is 0 Å². The van der Waals surface area contributed by atoms with E-state index in [0.29, 0.717) is 6.61 Å². The number of fused-ring (bicyclic) bond motifs is 1. The summed E-state index contributed by atoms with van der Waals surface area (Å²) in [6.45, 7) is 9.33. The average molecular weight is 231 g/mol. The van der Waals surface area contributed by atoms with Gasteiger partial charge in [0.15, 0.2) is 0 Å². The Morgan fingerprint density at radius 1 is 1.29 bits per heavy atom. The van der Waals surface area contributed by atoms with Crippen molar-refractivity contribution in [3.05, 3.63) is 29.8 Å². The quantitative estimate of drug-likeness (QED) is 0.846. The smallest absolute Gasteiger partial charge is 0.120 e. The summed E-state index contributed by atoms with van der Waals surface area (Å²) in [6.07, 6.45) is 3.39. The molecule has 1 aromatic rings. The van der Waals surface area contributed by atoms with Gasteiger partial charge in [0.2, 0.25) is 0 Å². The van der Waals surface area contributed by atoms with Crippen LogP contribution in [-0.4, -0.2) is 12.1 Å². The van der Waals surface area contributed by atoms with Gasteiger partial charge in [-0.15, -0.1) is 0 Å². The first-order valence-electron chi connectivity index (χ1n) is 6.33. The van der Waals surface area contributed by atoms with E-state index in [2.05, 4.69) is 44.3 Å². The molecule has 0 saturated heterocycles. The molecule has 1 atom stereocenters. The Morgan fingerprint density at radius 2 is 2.06 bits per heavy atom. The third kappa shape index (κ3) is 2.31. The Bertz CT molecular complexity index is 450. The van der Waals surface area contributed by atoms with Crippen LogP contribution in [-0.2, 0) is 0 Å². The first kappa shape index (κ1) is 12.0. The summed E-state index contributed by atoms with van der Waals surface area (Å²) in [7, 11) is 0. The SMILES string of the molecule is CCOc1ccc2c(c1)C(C)=CC(C)(CC)N2. The lowest BCUT2D eigenvalue weighted by atomic mass is 9.88. The van der Waals surface area contributed by atoms with Gasteiger partial charge in [0.25, 0.3) is 0 Å². The van der Waals surface area contributed by atoms with Crippen LogP contribution in [0.25, 0.3) is 5.57 Å². The molecule has 1 aliphatic rings. The van der Waals surface area contributed by atoms with Gasteiger partial charge in [-0.2, -0.15) is 0 Å². The Balaban J connectivity index is 2.40. The van der Waals surface area contributed by atoms with Gasteiger partial charge in [0.05, 0.1) is 12.1 Å². The fourth-order valence-corrected chi connectivity index (χ4v) is 2.30. The number of rotatable bonds is 3. The highest BCUT2D eigenvalue weighted by Crippen LogP contribution is 2.36. The summed E-state index contributed by atoms with van der Waals surface area (Å²) in [5, 5.41) is 3.59. The maximum absolute atomic E-state index is 5.54. The largest absolute Gasteiger partial charge is 0.494 e. The molecule has 0 aliphatic carbocycles. The van der Waals surface area contributed by atoms with Crippen LogP contribution < -0.4 is 10.1 Å². The van der Waals surface area contributed by atoms with Gasteiger partial charge in [0, 0.05) is 11.3 Å². The van der Waals surface area contributed by atoms with Gasteiger partial charge in [-0.05, 0) is 51.0 Å². The number of hydrogen-bond donors (Lipinski definition) is 1. The van der Waals surface area contributed by atoms with Crippen molar-refractivity contribution in [2.75, 3.05) is 11.9 Å². The first-order valence-corrected chi connectivity index (χ1v) is 6.33. The highest BCUT2D eigenvalue weighted by atomic mass is 16.5. The summed E-state index contributed by atoms with van der Waals surface area (Å²) in [4.78, 5) is 0. The van der Waals surface area contributed by atoms with E-state index in [9.17, 15) is 0 Å². The zero-order chi connectivity index (χ0) is 12.5. The third-order valence-electron chi connectivity index (χ3n) is 3.42. The lowest BCUT2D eigenvalue weighted by Gasteiger charge is -2.34. The number of hydrogen-bond acceptors (Lipinski definition) is 2. The Labute approximate surface area is 104 Å². The van der Waals surface area contributed by atoms with Crippen LogP contribution in [0.3, 0.4) is 0 Å². The van der Waals surface area contributed by atoms with E-state index in [0.717, 1.165) is 12.2 Å². The molecule has 1 heterocycles. The van der Waals surface area contributed by atoms with E-state index in [4.69, 9.17) is 4.74 Å².